The lowest BCUT2D eigenvalue weighted by Crippen LogP contribution is -2.56. The van der Waals surface area contributed by atoms with Crippen LogP contribution in [0.3, 0.4) is 0 Å². The first-order chi connectivity index (χ1) is 11.2. The highest BCUT2D eigenvalue weighted by Gasteiger charge is 2.44. The van der Waals surface area contributed by atoms with Gasteiger partial charge in [-0.1, -0.05) is 18.2 Å². The molecule has 2 aliphatic heterocycles. The molecule has 1 N–H and O–H groups in total. The van der Waals surface area contributed by atoms with Crippen LogP contribution in [-0.2, 0) is 9.53 Å². The van der Waals surface area contributed by atoms with Crippen LogP contribution in [0.1, 0.15) is 32.1 Å². The molecule has 0 aromatic heterocycles. The maximum absolute atomic E-state index is 12.3. The summed E-state index contributed by atoms with van der Waals surface area (Å²) >= 11 is 0. The monoisotopic (exact) mass is 319 g/mol. The van der Waals surface area contributed by atoms with Gasteiger partial charge in [-0.15, -0.1) is 0 Å². The van der Waals surface area contributed by atoms with Gasteiger partial charge < -0.3 is 19.5 Å². The fourth-order valence-corrected chi connectivity index (χ4v) is 3.45. The first kappa shape index (κ1) is 16.3. The lowest BCUT2D eigenvalue weighted by molar-refractivity contribution is -0.179. The van der Waals surface area contributed by atoms with E-state index in [0.29, 0.717) is 26.1 Å². The van der Waals surface area contributed by atoms with Crippen molar-refractivity contribution in [3.63, 3.8) is 0 Å². The molecule has 0 radical (unpaired) electrons. The molecule has 2 aliphatic rings. The van der Waals surface area contributed by atoms with E-state index in [1.54, 1.807) is 0 Å². The molecule has 1 spiro atoms. The predicted octanol–water partition coefficient (Wildman–Crippen LogP) is 1.99. The van der Waals surface area contributed by atoms with Crippen molar-refractivity contribution in [2.45, 2.75) is 43.8 Å². The van der Waals surface area contributed by atoms with Gasteiger partial charge in [-0.3, -0.25) is 4.79 Å². The normalized spacial score (nSPS) is 23.7. The molecular weight excluding hydrogens is 294 g/mol. The number of rotatable bonds is 4. The second kappa shape index (κ2) is 7.32. The molecule has 3 rings (SSSR count). The molecule has 0 bridgehead atoms. The summed E-state index contributed by atoms with van der Waals surface area (Å²) in [5.41, 5.74) is -0.421. The Morgan fingerprint density at radius 3 is 2.74 bits per heavy atom. The molecule has 1 unspecified atom stereocenters. The average molecular weight is 319 g/mol. The van der Waals surface area contributed by atoms with Crippen molar-refractivity contribution < 1.29 is 19.4 Å². The number of carbonyl (C=O) groups excluding carboxylic acids is 1. The van der Waals surface area contributed by atoms with Gasteiger partial charge in [-0.2, -0.15) is 0 Å². The average Bonchev–Trinajstić information content (AvgIpc) is 2.59. The second-order valence-electron chi connectivity index (χ2n) is 6.36. The molecule has 2 heterocycles. The smallest absolute Gasteiger partial charge is 0.226 e. The number of benzene rings is 1. The number of nitrogens with zero attached hydrogens (tertiary/aromatic N) is 1. The maximum atomic E-state index is 12.3. The van der Waals surface area contributed by atoms with Crippen LogP contribution in [0.2, 0.25) is 0 Å². The standard InChI is InChI=1S/C18H25NO4/c20-16-7-4-13-23-18(16)9-11-19(12-10-18)17(21)8-14-22-15-5-2-1-3-6-15/h1-3,5-6,16,20H,4,7-14H2. The second-order valence-corrected chi connectivity index (χ2v) is 6.36. The van der Waals surface area contributed by atoms with Gasteiger partial charge in [-0.05, 0) is 37.8 Å². The zero-order valence-electron chi connectivity index (χ0n) is 13.4. The van der Waals surface area contributed by atoms with E-state index >= 15 is 0 Å². The molecule has 5 nitrogen and oxygen atoms in total. The third-order valence-corrected chi connectivity index (χ3v) is 4.91. The van der Waals surface area contributed by atoms with E-state index in [2.05, 4.69) is 0 Å². The molecule has 1 aromatic carbocycles. The molecule has 1 amide bonds. The van der Waals surface area contributed by atoms with Gasteiger partial charge in [0.1, 0.15) is 5.75 Å². The highest BCUT2D eigenvalue weighted by atomic mass is 16.5. The SMILES string of the molecule is O=C(CCOc1ccccc1)N1CCC2(CC1)OCCCC2O. The zero-order valence-corrected chi connectivity index (χ0v) is 13.4. The largest absolute Gasteiger partial charge is 0.493 e. The molecule has 1 aromatic rings. The Morgan fingerprint density at radius 2 is 2.04 bits per heavy atom. The first-order valence-corrected chi connectivity index (χ1v) is 8.47. The summed E-state index contributed by atoms with van der Waals surface area (Å²) in [5.74, 6) is 0.901. The van der Waals surface area contributed by atoms with Gasteiger partial charge in [0, 0.05) is 19.7 Å². The lowest BCUT2D eigenvalue weighted by atomic mass is 9.82. The number of aliphatic hydroxyl groups is 1. The van der Waals surface area contributed by atoms with Gasteiger partial charge in [0.15, 0.2) is 0 Å². The highest BCUT2D eigenvalue weighted by molar-refractivity contribution is 5.76. The lowest BCUT2D eigenvalue weighted by Gasteiger charge is -2.46. The van der Waals surface area contributed by atoms with Crippen LogP contribution < -0.4 is 4.74 Å². The van der Waals surface area contributed by atoms with E-state index in [4.69, 9.17) is 9.47 Å². The molecule has 126 valence electrons. The van der Waals surface area contributed by atoms with E-state index in [-0.39, 0.29) is 5.91 Å². The van der Waals surface area contributed by atoms with Gasteiger partial charge >= 0.3 is 0 Å². The van der Waals surface area contributed by atoms with Crippen molar-refractivity contribution in [2.24, 2.45) is 0 Å². The molecular formula is C18H25NO4. The van der Waals surface area contributed by atoms with Gasteiger partial charge in [-0.25, -0.2) is 0 Å². The third kappa shape index (κ3) is 3.85. The van der Waals surface area contributed by atoms with Crippen LogP contribution in [-0.4, -0.2) is 53.9 Å². The summed E-state index contributed by atoms with van der Waals surface area (Å²) in [6.07, 6.45) is 3.15. The van der Waals surface area contributed by atoms with Crippen molar-refractivity contribution in [2.75, 3.05) is 26.3 Å². The van der Waals surface area contributed by atoms with E-state index < -0.39 is 11.7 Å². The number of carbonyl (C=O) groups is 1. The Bertz CT molecular complexity index is 511. The quantitative estimate of drug-likeness (QED) is 0.922. The molecule has 23 heavy (non-hydrogen) atoms. The van der Waals surface area contributed by atoms with Crippen LogP contribution in [0.25, 0.3) is 0 Å². The molecule has 2 fully saturated rings. The fraction of sp³-hybridized carbons (Fsp3) is 0.611. The number of aliphatic hydroxyl groups excluding tert-OH is 1. The number of piperidine rings is 1. The third-order valence-electron chi connectivity index (χ3n) is 4.91. The van der Waals surface area contributed by atoms with Gasteiger partial charge in [0.25, 0.3) is 0 Å². The number of hydrogen-bond acceptors (Lipinski definition) is 4. The topological polar surface area (TPSA) is 59.0 Å². The van der Waals surface area contributed by atoms with Crippen molar-refractivity contribution in [3.05, 3.63) is 30.3 Å². The van der Waals surface area contributed by atoms with Crippen LogP contribution in [0.15, 0.2) is 30.3 Å². The first-order valence-electron chi connectivity index (χ1n) is 8.47. The number of ether oxygens (including phenoxy) is 2. The van der Waals surface area contributed by atoms with Crippen molar-refractivity contribution >= 4 is 5.91 Å². The minimum absolute atomic E-state index is 0.112. The Labute approximate surface area is 137 Å². The zero-order chi connectivity index (χ0) is 16.1. The summed E-state index contributed by atoms with van der Waals surface area (Å²) < 4.78 is 11.5. The number of hydrogen-bond donors (Lipinski definition) is 1. The molecule has 0 aliphatic carbocycles. The number of amides is 1. The Morgan fingerprint density at radius 1 is 1.30 bits per heavy atom. The maximum Gasteiger partial charge on any atom is 0.226 e. The summed E-state index contributed by atoms with van der Waals surface area (Å²) in [7, 11) is 0. The minimum Gasteiger partial charge on any atom is -0.493 e. The Kier molecular flexibility index (Phi) is 5.18. The van der Waals surface area contributed by atoms with E-state index in [1.807, 2.05) is 35.2 Å². The minimum atomic E-state index is -0.421. The number of likely N-dealkylation sites (tertiary alicyclic amines) is 1. The van der Waals surface area contributed by atoms with Crippen LogP contribution in [0, 0.1) is 0 Å². The van der Waals surface area contributed by atoms with Gasteiger partial charge in [0.2, 0.25) is 5.91 Å². The van der Waals surface area contributed by atoms with Crippen LogP contribution in [0.4, 0.5) is 0 Å². The molecule has 5 heteroatoms. The van der Waals surface area contributed by atoms with Crippen molar-refractivity contribution in [1.29, 1.82) is 0 Å². The van der Waals surface area contributed by atoms with E-state index in [0.717, 1.165) is 38.0 Å². The predicted molar refractivity (Wildman–Crippen MR) is 86.3 cm³/mol. The van der Waals surface area contributed by atoms with E-state index in [9.17, 15) is 9.90 Å². The Balaban J connectivity index is 1.43. The van der Waals surface area contributed by atoms with Crippen LogP contribution >= 0.6 is 0 Å². The molecule has 1 atom stereocenters. The highest BCUT2D eigenvalue weighted by Crippen LogP contribution is 2.35. The summed E-state index contributed by atoms with van der Waals surface area (Å²) in [5, 5.41) is 10.2. The van der Waals surface area contributed by atoms with E-state index in [1.165, 1.54) is 0 Å². The van der Waals surface area contributed by atoms with Gasteiger partial charge in [0.05, 0.1) is 24.7 Å². The fourth-order valence-electron chi connectivity index (χ4n) is 3.45. The van der Waals surface area contributed by atoms with Crippen LogP contribution in [0.5, 0.6) is 5.75 Å². The van der Waals surface area contributed by atoms with Crippen molar-refractivity contribution in [3.8, 4) is 5.75 Å². The Hall–Kier alpha value is -1.59. The molecule has 0 saturated carbocycles. The summed E-state index contributed by atoms with van der Waals surface area (Å²) in [4.78, 5) is 14.1. The summed E-state index contributed by atoms with van der Waals surface area (Å²) in [6.45, 7) is 2.42. The number of para-hydroxylation sites is 1. The molecule has 2 saturated heterocycles. The van der Waals surface area contributed by atoms with Crippen molar-refractivity contribution in [1.82, 2.24) is 4.90 Å². The summed E-state index contributed by atoms with van der Waals surface area (Å²) in [6, 6.07) is 9.53.